The molecule has 0 radical (unpaired) electrons. The van der Waals surface area contributed by atoms with Gasteiger partial charge in [-0.25, -0.2) is 0 Å². The van der Waals surface area contributed by atoms with Crippen LogP contribution in [0, 0.1) is 21.4 Å². The van der Waals surface area contributed by atoms with Crippen molar-refractivity contribution in [1.82, 2.24) is 4.57 Å². The molecule has 4 aromatic carbocycles. The highest BCUT2D eigenvalue weighted by atomic mass is 16.6. The molecule has 0 fully saturated rings. The summed E-state index contributed by atoms with van der Waals surface area (Å²) in [6, 6.07) is 37.2. The van der Waals surface area contributed by atoms with E-state index in [-0.39, 0.29) is 11.3 Å². The number of amides is 1. The normalized spacial score (nSPS) is 11.1. The molecule has 0 saturated heterocycles. The highest BCUT2D eigenvalue weighted by Gasteiger charge is 2.21. The third kappa shape index (κ3) is 5.82. The quantitative estimate of drug-likeness (QED) is 0.0941. The molecular formula is C34H26N4O3. The van der Waals surface area contributed by atoms with Crippen LogP contribution in [0.2, 0.25) is 0 Å². The summed E-state index contributed by atoms with van der Waals surface area (Å²) in [6.45, 7) is 2.06. The van der Waals surface area contributed by atoms with Crippen LogP contribution in [0.1, 0.15) is 18.1 Å². The van der Waals surface area contributed by atoms with E-state index in [1.54, 1.807) is 18.2 Å². The zero-order valence-corrected chi connectivity index (χ0v) is 22.3. The van der Waals surface area contributed by atoms with E-state index in [0.717, 1.165) is 34.5 Å². The molecule has 7 nitrogen and oxygen atoms in total. The first-order valence-corrected chi connectivity index (χ1v) is 13.1. The Morgan fingerprint density at radius 3 is 2.07 bits per heavy atom. The van der Waals surface area contributed by atoms with Crippen molar-refractivity contribution in [2.24, 2.45) is 0 Å². The van der Waals surface area contributed by atoms with E-state index in [9.17, 15) is 20.2 Å². The zero-order valence-electron chi connectivity index (χ0n) is 22.3. The first-order chi connectivity index (χ1) is 20.0. The van der Waals surface area contributed by atoms with E-state index in [1.165, 1.54) is 12.1 Å². The molecule has 5 aromatic rings. The average molecular weight is 539 g/mol. The van der Waals surface area contributed by atoms with Gasteiger partial charge in [0.05, 0.1) is 16.3 Å². The highest BCUT2D eigenvalue weighted by Crippen LogP contribution is 2.37. The summed E-state index contributed by atoms with van der Waals surface area (Å²) >= 11 is 0. The van der Waals surface area contributed by atoms with Gasteiger partial charge >= 0.3 is 0 Å². The molecule has 1 heterocycles. The highest BCUT2D eigenvalue weighted by molar-refractivity contribution is 6.10. The molecule has 0 aliphatic heterocycles. The molecule has 5 rings (SSSR count). The van der Waals surface area contributed by atoms with E-state index in [0.29, 0.717) is 16.9 Å². The van der Waals surface area contributed by atoms with Gasteiger partial charge in [-0.2, -0.15) is 5.26 Å². The molecule has 0 aliphatic rings. The topological polar surface area (TPSA) is 101 Å². The lowest BCUT2D eigenvalue weighted by Gasteiger charge is -2.15. The average Bonchev–Trinajstić information content (AvgIpc) is 3.40. The summed E-state index contributed by atoms with van der Waals surface area (Å²) < 4.78 is 2.00. The monoisotopic (exact) mass is 538 g/mol. The van der Waals surface area contributed by atoms with Gasteiger partial charge < -0.3 is 9.88 Å². The van der Waals surface area contributed by atoms with E-state index < -0.39 is 10.8 Å². The Morgan fingerprint density at radius 1 is 0.902 bits per heavy atom. The summed E-state index contributed by atoms with van der Waals surface area (Å²) in [5.41, 5.74) is 6.34. The number of nitro groups is 1. The Morgan fingerprint density at radius 2 is 1.51 bits per heavy atom. The lowest BCUT2D eigenvalue weighted by atomic mass is 10.0. The fraction of sp³-hybridized carbons (Fsp3) is 0.0588. The molecule has 0 unspecified atom stereocenters. The SMILES string of the molecule is CCc1ccc(NC(=O)/C(C#N)=C/c2cc(-c3ccccc3)n(-c3ccc([N+](=O)[O-])cc3)c2-c2ccccc2)cc1. The number of carbonyl (C=O) groups excluding carboxylic acids is 1. The lowest BCUT2D eigenvalue weighted by Crippen LogP contribution is -2.13. The summed E-state index contributed by atoms with van der Waals surface area (Å²) in [4.78, 5) is 24.1. The fourth-order valence-corrected chi connectivity index (χ4v) is 4.67. The van der Waals surface area contributed by atoms with Gasteiger partial charge in [0.25, 0.3) is 11.6 Å². The van der Waals surface area contributed by atoms with Crippen LogP contribution in [0.3, 0.4) is 0 Å². The molecule has 0 saturated carbocycles. The molecule has 7 heteroatoms. The van der Waals surface area contributed by atoms with Crippen LogP contribution in [-0.2, 0) is 11.2 Å². The van der Waals surface area contributed by atoms with Crippen molar-refractivity contribution in [1.29, 1.82) is 5.26 Å². The molecule has 41 heavy (non-hydrogen) atoms. The zero-order chi connectivity index (χ0) is 28.8. The Hall–Kier alpha value is -5.74. The van der Waals surface area contributed by atoms with Crippen LogP contribution in [0.15, 0.2) is 121 Å². The van der Waals surface area contributed by atoms with Gasteiger partial charge in [-0.1, -0.05) is 79.7 Å². The number of carbonyl (C=O) groups is 1. The van der Waals surface area contributed by atoms with Crippen LogP contribution in [0.5, 0.6) is 0 Å². The Balaban J connectivity index is 1.69. The van der Waals surface area contributed by atoms with E-state index in [4.69, 9.17) is 0 Å². The van der Waals surface area contributed by atoms with E-state index >= 15 is 0 Å². The number of hydrogen-bond acceptors (Lipinski definition) is 4. The van der Waals surface area contributed by atoms with Gasteiger partial charge in [-0.05, 0) is 59.5 Å². The number of hydrogen-bond donors (Lipinski definition) is 1. The first kappa shape index (κ1) is 26.9. The van der Waals surface area contributed by atoms with Crippen molar-refractivity contribution >= 4 is 23.4 Å². The molecule has 0 atom stereocenters. The minimum atomic E-state index is -0.514. The van der Waals surface area contributed by atoms with Crippen LogP contribution < -0.4 is 5.32 Å². The second-order valence-corrected chi connectivity index (χ2v) is 9.35. The predicted octanol–water partition coefficient (Wildman–Crippen LogP) is 7.83. The molecule has 1 amide bonds. The summed E-state index contributed by atoms with van der Waals surface area (Å²) in [5, 5.41) is 24.2. The Bertz CT molecular complexity index is 1760. The number of nitro benzene ring substituents is 1. The van der Waals surface area contributed by atoms with Gasteiger partial charge in [0.1, 0.15) is 11.6 Å². The Labute approximate surface area is 237 Å². The van der Waals surface area contributed by atoms with Crippen LogP contribution in [0.25, 0.3) is 34.3 Å². The number of anilines is 1. The first-order valence-electron chi connectivity index (χ1n) is 13.1. The van der Waals surface area contributed by atoms with Crippen LogP contribution in [0.4, 0.5) is 11.4 Å². The van der Waals surface area contributed by atoms with Crippen molar-refractivity contribution < 1.29 is 9.72 Å². The van der Waals surface area contributed by atoms with E-state index in [2.05, 4.69) is 18.3 Å². The van der Waals surface area contributed by atoms with Gasteiger partial charge in [0, 0.05) is 29.1 Å². The van der Waals surface area contributed by atoms with Crippen LogP contribution in [-0.4, -0.2) is 15.4 Å². The van der Waals surface area contributed by atoms with Gasteiger partial charge in [-0.3, -0.25) is 14.9 Å². The third-order valence-electron chi connectivity index (χ3n) is 6.75. The van der Waals surface area contributed by atoms with Gasteiger partial charge in [0.2, 0.25) is 0 Å². The number of aromatic nitrogens is 1. The van der Waals surface area contributed by atoms with Gasteiger partial charge in [0.15, 0.2) is 0 Å². The second-order valence-electron chi connectivity index (χ2n) is 9.35. The number of nitriles is 1. The molecule has 1 aromatic heterocycles. The maximum Gasteiger partial charge on any atom is 0.269 e. The van der Waals surface area contributed by atoms with Crippen molar-refractivity contribution in [3.8, 4) is 34.3 Å². The van der Waals surface area contributed by atoms with Crippen LogP contribution >= 0.6 is 0 Å². The van der Waals surface area contributed by atoms with E-state index in [1.807, 2.05) is 95.6 Å². The number of nitrogens with one attached hydrogen (secondary N) is 1. The number of benzene rings is 4. The lowest BCUT2D eigenvalue weighted by molar-refractivity contribution is -0.384. The summed E-state index contributed by atoms with van der Waals surface area (Å²) in [6.07, 6.45) is 2.47. The summed E-state index contributed by atoms with van der Waals surface area (Å²) in [5.74, 6) is -0.514. The Kier molecular flexibility index (Phi) is 7.84. The third-order valence-corrected chi connectivity index (χ3v) is 6.75. The standard InChI is InChI=1S/C34H26N4O3/c1-2-24-13-15-29(16-14-24)36-34(39)28(23-35)21-27-22-32(25-9-5-3-6-10-25)37(33(27)26-11-7-4-8-12-26)30-17-19-31(20-18-30)38(40)41/h3-22H,2H2,1H3,(H,36,39)/b28-21+. The number of rotatable bonds is 8. The molecular weight excluding hydrogens is 512 g/mol. The molecule has 0 aliphatic carbocycles. The number of non-ortho nitro benzene ring substituents is 1. The number of nitrogens with zero attached hydrogens (tertiary/aromatic N) is 3. The van der Waals surface area contributed by atoms with Crippen molar-refractivity contribution in [3.63, 3.8) is 0 Å². The van der Waals surface area contributed by atoms with Gasteiger partial charge in [-0.15, -0.1) is 0 Å². The largest absolute Gasteiger partial charge is 0.321 e. The molecule has 0 bridgehead atoms. The molecule has 200 valence electrons. The minimum absolute atomic E-state index is 0.0149. The smallest absolute Gasteiger partial charge is 0.269 e. The summed E-state index contributed by atoms with van der Waals surface area (Å²) in [7, 11) is 0. The minimum Gasteiger partial charge on any atom is -0.321 e. The van der Waals surface area contributed by atoms with Crippen molar-refractivity contribution in [2.45, 2.75) is 13.3 Å². The maximum atomic E-state index is 13.2. The predicted molar refractivity (Wildman–Crippen MR) is 161 cm³/mol. The van der Waals surface area contributed by atoms with Crippen molar-refractivity contribution in [3.05, 3.63) is 142 Å². The molecule has 1 N–H and O–H groups in total. The van der Waals surface area contributed by atoms with Crippen molar-refractivity contribution in [2.75, 3.05) is 5.32 Å². The maximum absolute atomic E-state index is 13.2. The fourth-order valence-electron chi connectivity index (χ4n) is 4.67. The number of aryl methyl sites for hydroxylation is 1. The molecule has 0 spiro atoms. The second kappa shape index (κ2) is 12.0.